The molecule has 9 heteroatoms. The molecule has 2 heterocycles. The van der Waals surface area contributed by atoms with Crippen molar-refractivity contribution in [1.82, 2.24) is 9.62 Å². The SMILES string of the molecule is COc1cc2c(cc1OC)CN(CCCNS(=O)(=O)c1ccc3oc(=O)ccc3c1)CC2. The summed E-state index contributed by atoms with van der Waals surface area (Å²) >= 11 is 0. The van der Waals surface area contributed by atoms with E-state index in [4.69, 9.17) is 13.9 Å². The van der Waals surface area contributed by atoms with Crippen LogP contribution in [-0.2, 0) is 23.0 Å². The van der Waals surface area contributed by atoms with E-state index in [1.165, 1.54) is 35.4 Å². The van der Waals surface area contributed by atoms with E-state index >= 15 is 0 Å². The number of benzene rings is 2. The van der Waals surface area contributed by atoms with Gasteiger partial charge in [-0.2, -0.15) is 0 Å². The average molecular weight is 459 g/mol. The molecule has 4 rings (SSSR count). The molecular formula is C23H26N2O6S. The normalized spacial score (nSPS) is 14.3. The predicted molar refractivity (Wildman–Crippen MR) is 121 cm³/mol. The van der Waals surface area contributed by atoms with Gasteiger partial charge in [0.05, 0.1) is 19.1 Å². The number of hydrogen-bond donors (Lipinski definition) is 1. The van der Waals surface area contributed by atoms with Crippen LogP contribution in [-0.4, -0.2) is 47.2 Å². The molecule has 0 saturated carbocycles. The molecule has 0 saturated heterocycles. The lowest BCUT2D eigenvalue weighted by Gasteiger charge is -2.29. The van der Waals surface area contributed by atoms with Gasteiger partial charge in [-0.05, 0) is 66.9 Å². The van der Waals surface area contributed by atoms with Gasteiger partial charge in [-0.1, -0.05) is 0 Å². The smallest absolute Gasteiger partial charge is 0.336 e. The van der Waals surface area contributed by atoms with Crippen LogP contribution in [0.4, 0.5) is 0 Å². The van der Waals surface area contributed by atoms with Gasteiger partial charge in [-0.25, -0.2) is 17.9 Å². The first-order valence-corrected chi connectivity index (χ1v) is 11.9. The molecule has 1 aliphatic rings. The quantitative estimate of drug-likeness (QED) is 0.409. The molecule has 1 aromatic heterocycles. The summed E-state index contributed by atoms with van der Waals surface area (Å²) in [7, 11) is -0.387. The van der Waals surface area contributed by atoms with Crippen molar-refractivity contribution in [3.05, 3.63) is 64.0 Å². The first kappa shape index (κ1) is 22.3. The Kier molecular flexibility index (Phi) is 6.50. The summed E-state index contributed by atoms with van der Waals surface area (Å²) in [5.74, 6) is 1.46. The van der Waals surface area contributed by atoms with Crippen LogP contribution in [0.5, 0.6) is 11.5 Å². The molecule has 170 valence electrons. The molecule has 1 aliphatic heterocycles. The molecule has 0 bridgehead atoms. The monoisotopic (exact) mass is 458 g/mol. The first-order valence-electron chi connectivity index (χ1n) is 10.4. The molecule has 2 aromatic carbocycles. The van der Waals surface area contributed by atoms with Gasteiger partial charge in [0, 0.05) is 31.1 Å². The van der Waals surface area contributed by atoms with Crippen molar-refractivity contribution in [3.63, 3.8) is 0 Å². The number of sulfonamides is 1. The van der Waals surface area contributed by atoms with Gasteiger partial charge in [0.25, 0.3) is 0 Å². The molecule has 0 fully saturated rings. The van der Waals surface area contributed by atoms with E-state index in [0.717, 1.165) is 37.6 Å². The fraction of sp³-hybridized carbons (Fsp3) is 0.348. The number of nitrogens with one attached hydrogen (secondary N) is 1. The molecule has 8 nitrogen and oxygen atoms in total. The van der Waals surface area contributed by atoms with E-state index in [1.807, 2.05) is 12.1 Å². The standard InChI is InChI=1S/C23H26N2O6S/c1-29-21-13-16-8-11-25(15-18(16)14-22(21)30-2)10-3-9-24-32(27,28)19-5-6-20-17(12-19)4-7-23(26)31-20/h4-7,12-14,24H,3,8-11,15H2,1-2H3. The number of ether oxygens (including phenoxy) is 2. The highest BCUT2D eigenvalue weighted by Crippen LogP contribution is 2.33. The Hall–Kier alpha value is -2.88. The van der Waals surface area contributed by atoms with Crippen LogP contribution in [0.15, 0.2) is 56.6 Å². The summed E-state index contributed by atoms with van der Waals surface area (Å²) in [6.07, 6.45) is 1.60. The molecule has 32 heavy (non-hydrogen) atoms. The van der Waals surface area contributed by atoms with Crippen LogP contribution in [0.3, 0.4) is 0 Å². The number of rotatable bonds is 8. The third-order valence-corrected chi connectivity index (χ3v) is 7.10. The topological polar surface area (TPSA) is 98.1 Å². The van der Waals surface area contributed by atoms with Crippen molar-refractivity contribution >= 4 is 21.0 Å². The molecule has 3 aromatic rings. The molecule has 0 aliphatic carbocycles. The van der Waals surface area contributed by atoms with Crippen LogP contribution >= 0.6 is 0 Å². The zero-order valence-corrected chi connectivity index (χ0v) is 18.9. The Balaban J connectivity index is 1.33. The maximum atomic E-state index is 12.6. The second-order valence-corrected chi connectivity index (χ2v) is 9.47. The van der Waals surface area contributed by atoms with Gasteiger partial charge in [0.1, 0.15) is 5.58 Å². The Labute approximate surface area is 186 Å². The highest BCUT2D eigenvalue weighted by Gasteiger charge is 2.20. The Bertz CT molecular complexity index is 1290. The van der Waals surface area contributed by atoms with Crippen LogP contribution < -0.4 is 19.8 Å². The molecule has 0 unspecified atom stereocenters. The molecule has 0 radical (unpaired) electrons. The predicted octanol–water partition coefficient (Wildman–Crippen LogP) is 2.54. The maximum absolute atomic E-state index is 12.6. The second-order valence-electron chi connectivity index (χ2n) is 7.71. The highest BCUT2D eigenvalue weighted by atomic mass is 32.2. The average Bonchev–Trinajstić information content (AvgIpc) is 2.80. The van der Waals surface area contributed by atoms with E-state index in [1.54, 1.807) is 20.3 Å². The Morgan fingerprint density at radius 3 is 2.53 bits per heavy atom. The van der Waals surface area contributed by atoms with Crippen molar-refractivity contribution in [3.8, 4) is 11.5 Å². The van der Waals surface area contributed by atoms with E-state index in [0.29, 0.717) is 23.9 Å². The lowest BCUT2D eigenvalue weighted by Crippen LogP contribution is -2.33. The number of methoxy groups -OCH3 is 2. The number of hydrogen-bond acceptors (Lipinski definition) is 7. The minimum Gasteiger partial charge on any atom is -0.493 e. The third-order valence-electron chi connectivity index (χ3n) is 5.64. The fourth-order valence-corrected chi connectivity index (χ4v) is 5.05. The third kappa shape index (κ3) is 4.79. The van der Waals surface area contributed by atoms with Gasteiger partial charge in [0.2, 0.25) is 10.0 Å². The summed E-state index contributed by atoms with van der Waals surface area (Å²) in [6, 6.07) is 11.3. The lowest BCUT2D eigenvalue weighted by molar-refractivity contribution is 0.250. The minimum absolute atomic E-state index is 0.145. The summed E-state index contributed by atoms with van der Waals surface area (Å²) in [4.78, 5) is 13.7. The summed E-state index contributed by atoms with van der Waals surface area (Å²) in [5.41, 5.74) is 2.35. The maximum Gasteiger partial charge on any atom is 0.336 e. The van der Waals surface area contributed by atoms with Crippen molar-refractivity contribution in [2.45, 2.75) is 24.3 Å². The number of nitrogens with zero attached hydrogens (tertiary/aromatic N) is 1. The van der Waals surface area contributed by atoms with E-state index in [9.17, 15) is 13.2 Å². The van der Waals surface area contributed by atoms with Crippen molar-refractivity contribution < 1.29 is 22.3 Å². The summed E-state index contributed by atoms with van der Waals surface area (Å²) in [5, 5.41) is 0.562. The van der Waals surface area contributed by atoms with E-state index in [-0.39, 0.29) is 4.90 Å². The minimum atomic E-state index is -3.65. The van der Waals surface area contributed by atoms with Gasteiger partial charge < -0.3 is 13.9 Å². The molecule has 0 atom stereocenters. The summed E-state index contributed by atoms with van der Waals surface area (Å²) < 4.78 is 43.8. The molecular weight excluding hydrogens is 432 g/mol. The van der Waals surface area contributed by atoms with Crippen molar-refractivity contribution in [2.24, 2.45) is 0 Å². The Morgan fingerprint density at radius 2 is 1.78 bits per heavy atom. The highest BCUT2D eigenvalue weighted by molar-refractivity contribution is 7.89. The van der Waals surface area contributed by atoms with Crippen LogP contribution in [0.1, 0.15) is 17.5 Å². The summed E-state index contributed by atoms with van der Waals surface area (Å²) in [6.45, 7) is 2.81. The first-order chi connectivity index (χ1) is 15.4. The van der Waals surface area contributed by atoms with Crippen molar-refractivity contribution in [2.75, 3.05) is 33.9 Å². The van der Waals surface area contributed by atoms with Crippen LogP contribution in [0.25, 0.3) is 11.0 Å². The molecule has 1 N–H and O–H groups in total. The largest absolute Gasteiger partial charge is 0.493 e. The zero-order valence-electron chi connectivity index (χ0n) is 18.1. The van der Waals surface area contributed by atoms with Crippen molar-refractivity contribution in [1.29, 1.82) is 0 Å². The molecule has 0 spiro atoms. The fourth-order valence-electron chi connectivity index (χ4n) is 3.94. The van der Waals surface area contributed by atoms with Crippen LogP contribution in [0, 0.1) is 0 Å². The van der Waals surface area contributed by atoms with Crippen LogP contribution in [0.2, 0.25) is 0 Å². The van der Waals surface area contributed by atoms with Gasteiger partial charge in [0.15, 0.2) is 11.5 Å². The second kappa shape index (κ2) is 9.32. The van der Waals surface area contributed by atoms with Gasteiger partial charge in [-0.3, -0.25) is 4.90 Å². The van der Waals surface area contributed by atoms with E-state index in [2.05, 4.69) is 9.62 Å². The zero-order chi connectivity index (χ0) is 22.7. The number of fused-ring (bicyclic) bond motifs is 2. The Morgan fingerprint density at radius 1 is 1.03 bits per heavy atom. The van der Waals surface area contributed by atoms with Gasteiger partial charge in [-0.15, -0.1) is 0 Å². The lowest BCUT2D eigenvalue weighted by atomic mass is 9.98. The van der Waals surface area contributed by atoms with E-state index < -0.39 is 15.6 Å². The molecule has 0 amide bonds. The van der Waals surface area contributed by atoms with Gasteiger partial charge >= 0.3 is 5.63 Å².